The molecule has 0 unspecified atom stereocenters. The molecule has 0 atom stereocenters. The van der Waals surface area contributed by atoms with Gasteiger partial charge in [-0.2, -0.15) is 0 Å². The predicted molar refractivity (Wildman–Crippen MR) is 71.3 cm³/mol. The Labute approximate surface area is 112 Å². The molecule has 4 nitrogen and oxygen atoms in total. The monoisotopic (exact) mass is 269 g/mol. The van der Waals surface area contributed by atoms with Crippen LogP contribution in [0.5, 0.6) is 0 Å². The summed E-state index contributed by atoms with van der Waals surface area (Å²) in [7, 11) is 0. The van der Waals surface area contributed by atoms with Crippen LogP contribution in [-0.4, -0.2) is 23.5 Å². The summed E-state index contributed by atoms with van der Waals surface area (Å²) < 4.78 is 12.2. The third-order valence-electron chi connectivity index (χ3n) is 2.17. The second-order valence-corrected chi connectivity index (χ2v) is 4.07. The fourth-order valence-corrected chi connectivity index (χ4v) is 1.21. The molecule has 0 heterocycles. The number of carboxylic acids is 1. The second kappa shape index (κ2) is 10.1. The highest BCUT2D eigenvalue weighted by Crippen LogP contribution is 1.99. The van der Waals surface area contributed by atoms with Gasteiger partial charge in [-0.25, -0.2) is 4.39 Å². The molecule has 0 aliphatic rings. The lowest BCUT2D eigenvalue weighted by molar-refractivity contribution is -0.137. The minimum atomic E-state index is -1.00. The first kappa shape index (κ1) is 17.1. The number of hydrogen-bond donors (Lipinski definition) is 2. The molecule has 0 spiro atoms. The summed E-state index contributed by atoms with van der Waals surface area (Å²) in [6.07, 6.45) is 2.18. The number of carbonyl (C=O) groups is 2. The van der Waals surface area contributed by atoms with Gasteiger partial charge in [0, 0.05) is 6.42 Å². The minimum absolute atomic E-state index is 0.162. The van der Waals surface area contributed by atoms with Gasteiger partial charge in [0.2, 0.25) is 5.91 Å². The Morgan fingerprint density at radius 2 is 2.05 bits per heavy atom. The summed E-state index contributed by atoms with van der Waals surface area (Å²) in [5, 5.41) is 10.5. The van der Waals surface area contributed by atoms with Crippen LogP contribution in [0.3, 0.4) is 0 Å². The van der Waals surface area contributed by atoms with Crippen molar-refractivity contribution in [3.05, 3.63) is 35.6 Å². The first-order valence-corrected chi connectivity index (χ1v) is 6.16. The predicted octanol–water partition coefficient (Wildman–Crippen LogP) is 2.51. The van der Waals surface area contributed by atoms with Crippen LogP contribution in [0.2, 0.25) is 0 Å². The molecule has 1 rings (SSSR count). The van der Waals surface area contributed by atoms with Crippen molar-refractivity contribution in [1.29, 1.82) is 0 Å². The molecule has 1 aromatic carbocycles. The average Bonchev–Trinajstić information content (AvgIpc) is 2.34. The van der Waals surface area contributed by atoms with E-state index >= 15 is 0 Å². The Hall–Kier alpha value is -1.91. The molecule has 5 heteroatoms. The lowest BCUT2D eigenvalue weighted by atomic mass is 10.2. The number of amides is 1. The van der Waals surface area contributed by atoms with Crippen molar-refractivity contribution in [2.75, 3.05) is 6.54 Å². The Bertz CT molecular complexity index is 390. The van der Waals surface area contributed by atoms with Gasteiger partial charge in [0.1, 0.15) is 12.4 Å². The van der Waals surface area contributed by atoms with Gasteiger partial charge in [-0.1, -0.05) is 25.5 Å². The number of carboxylic acid groups (broad SMARTS) is 1. The van der Waals surface area contributed by atoms with Gasteiger partial charge in [0.25, 0.3) is 0 Å². The molecule has 0 aromatic heterocycles. The van der Waals surface area contributed by atoms with E-state index < -0.39 is 5.97 Å². The zero-order valence-electron chi connectivity index (χ0n) is 11.3. The van der Waals surface area contributed by atoms with Crippen molar-refractivity contribution in [1.82, 2.24) is 5.32 Å². The molecule has 0 saturated heterocycles. The van der Waals surface area contributed by atoms with Gasteiger partial charge in [0.05, 0.1) is 0 Å². The highest BCUT2D eigenvalue weighted by atomic mass is 19.1. The Balaban J connectivity index is 0.000000356. The van der Waals surface area contributed by atoms with Gasteiger partial charge in [0.15, 0.2) is 0 Å². The normalized spacial score (nSPS) is 9.21. The van der Waals surface area contributed by atoms with Gasteiger partial charge in [-0.3, -0.25) is 9.59 Å². The van der Waals surface area contributed by atoms with E-state index in [1.54, 1.807) is 6.07 Å². The van der Waals surface area contributed by atoms with Crippen molar-refractivity contribution < 1.29 is 19.1 Å². The Morgan fingerprint density at radius 3 is 2.47 bits per heavy atom. The minimum Gasteiger partial charge on any atom is -0.480 e. The molecule has 0 radical (unpaired) electrons. The summed E-state index contributed by atoms with van der Waals surface area (Å²) in [5.74, 6) is -1.35. The van der Waals surface area contributed by atoms with Gasteiger partial charge in [-0.15, -0.1) is 0 Å². The summed E-state index contributed by atoms with van der Waals surface area (Å²) >= 11 is 0. The van der Waals surface area contributed by atoms with Crippen molar-refractivity contribution >= 4 is 11.9 Å². The summed E-state index contributed by atoms with van der Waals surface area (Å²) in [6, 6.07) is 6.50. The largest absolute Gasteiger partial charge is 0.480 e. The van der Waals surface area contributed by atoms with E-state index in [1.165, 1.54) is 12.1 Å². The number of benzene rings is 1. The van der Waals surface area contributed by atoms with E-state index in [4.69, 9.17) is 5.11 Å². The molecular formula is C14H20FNO3. The number of halogens is 1. The van der Waals surface area contributed by atoms with Crippen molar-refractivity contribution in [3.8, 4) is 0 Å². The smallest absolute Gasteiger partial charge is 0.322 e. The molecule has 0 fully saturated rings. The van der Waals surface area contributed by atoms with Crippen LogP contribution in [0.25, 0.3) is 0 Å². The highest BCUT2D eigenvalue weighted by molar-refractivity contribution is 5.80. The van der Waals surface area contributed by atoms with Crippen molar-refractivity contribution in [3.63, 3.8) is 0 Å². The zero-order valence-corrected chi connectivity index (χ0v) is 11.3. The fourth-order valence-electron chi connectivity index (χ4n) is 1.21. The first-order valence-electron chi connectivity index (χ1n) is 6.16. The van der Waals surface area contributed by atoms with Crippen molar-refractivity contribution in [2.45, 2.75) is 33.1 Å². The van der Waals surface area contributed by atoms with E-state index in [1.807, 2.05) is 19.9 Å². The third-order valence-corrected chi connectivity index (χ3v) is 2.17. The SMILES string of the molecule is CCCCC(=O)NCC(=O)O.Cc1cccc(F)c1. The van der Waals surface area contributed by atoms with E-state index in [2.05, 4.69) is 5.32 Å². The molecule has 0 aliphatic heterocycles. The zero-order chi connectivity index (χ0) is 14.7. The van der Waals surface area contributed by atoms with E-state index in [9.17, 15) is 14.0 Å². The number of aliphatic carboxylic acids is 1. The van der Waals surface area contributed by atoms with Gasteiger partial charge >= 0.3 is 5.97 Å². The molecule has 0 aliphatic carbocycles. The molecule has 106 valence electrons. The van der Waals surface area contributed by atoms with Crippen LogP contribution < -0.4 is 5.32 Å². The summed E-state index contributed by atoms with van der Waals surface area (Å²) in [4.78, 5) is 20.7. The maximum absolute atomic E-state index is 12.2. The van der Waals surface area contributed by atoms with Crippen molar-refractivity contribution in [2.24, 2.45) is 0 Å². The molecular weight excluding hydrogens is 249 g/mol. The molecule has 0 bridgehead atoms. The number of unbranched alkanes of at least 4 members (excludes halogenated alkanes) is 1. The number of carbonyl (C=O) groups excluding carboxylic acids is 1. The van der Waals surface area contributed by atoms with E-state index in [0.29, 0.717) is 6.42 Å². The number of aryl methyl sites for hydroxylation is 1. The number of hydrogen-bond acceptors (Lipinski definition) is 2. The molecule has 2 N–H and O–H groups in total. The molecule has 1 aromatic rings. The van der Waals surface area contributed by atoms with Crippen LogP contribution in [-0.2, 0) is 9.59 Å². The molecule has 19 heavy (non-hydrogen) atoms. The second-order valence-electron chi connectivity index (χ2n) is 4.07. The van der Waals surface area contributed by atoms with Crippen LogP contribution in [0.4, 0.5) is 4.39 Å². The lowest BCUT2D eigenvalue weighted by Gasteiger charge is -1.99. The van der Waals surface area contributed by atoms with Crippen LogP contribution in [0.15, 0.2) is 24.3 Å². The van der Waals surface area contributed by atoms with E-state index in [-0.39, 0.29) is 18.3 Å². The van der Waals surface area contributed by atoms with Crippen LogP contribution in [0, 0.1) is 12.7 Å². The quantitative estimate of drug-likeness (QED) is 0.863. The maximum Gasteiger partial charge on any atom is 0.322 e. The number of rotatable bonds is 5. The van der Waals surface area contributed by atoms with E-state index in [0.717, 1.165) is 18.4 Å². The fraction of sp³-hybridized carbons (Fsp3) is 0.429. The Morgan fingerprint density at radius 1 is 1.37 bits per heavy atom. The summed E-state index contributed by atoms with van der Waals surface area (Å²) in [5.41, 5.74) is 0.963. The van der Waals surface area contributed by atoms with Crippen LogP contribution in [0.1, 0.15) is 31.7 Å². The first-order chi connectivity index (χ1) is 8.95. The lowest BCUT2D eigenvalue weighted by Crippen LogP contribution is -2.28. The topological polar surface area (TPSA) is 66.4 Å². The maximum atomic E-state index is 12.2. The Kier molecular flexibility index (Phi) is 9.04. The molecule has 1 amide bonds. The van der Waals surface area contributed by atoms with Gasteiger partial charge < -0.3 is 10.4 Å². The third kappa shape index (κ3) is 10.9. The summed E-state index contributed by atoms with van der Waals surface area (Å²) in [6.45, 7) is 3.57. The van der Waals surface area contributed by atoms with Crippen LogP contribution >= 0.6 is 0 Å². The van der Waals surface area contributed by atoms with Gasteiger partial charge in [-0.05, 0) is 31.0 Å². The standard InChI is InChI=1S/C7H7F.C7H13NO3/c1-6-3-2-4-7(8)5-6;1-2-3-4-6(9)8-5-7(10)11/h2-5H,1H3;2-5H2,1H3,(H,8,9)(H,10,11). The average molecular weight is 269 g/mol. The number of nitrogens with one attached hydrogen (secondary N) is 1. The molecule has 0 saturated carbocycles. The highest BCUT2D eigenvalue weighted by Gasteiger charge is 2.01.